The van der Waals surface area contributed by atoms with Gasteiger partial charge in [0, 0.05) is 16.1 Å². The molecule has 29 heavy (non-hydrogen) atoms. The van der Waals surface area contributed by atoms with Crippen molar-refractivity contribution >= 4 is 50.5 Å². The lowest BCUT2D eigenvalue weighted by molar-refractivity contribution is 0.0642. The Morgan fingerprint density at radius 1 is 1.14 bits per heavy atom. The number of pyridine rings is 1. The number of thiophene rings is 1. The molecular formula is C19H14ClN3O4S2. The van der Waals surface area contributed by atoms with Crippen LogP contribution in [0, 0.1) is 6.92 Å². The Kier molecular flexibility index (Phi) is 4.89. The molecule has 1 N–H and O–H groups in total. The van der Waals surface area contributed by atoms with Crippen molar-refractivity contribution in [3.8, 4) is 0 Å². The number of imide groups is 1. The number of aryl methyl sites for hydroxylation is 1. The quantitative estimate of drug-likeness (QED) is 0.601. The van der Waals surface area contributed by atoms with E-state index in [0.717, 1.165) is 16.2 Å². The van der Waals surface area contributed by atoms with Gasteiger partial charge >= 0.3 is 0 Å². The molecule has 0 spiro atoms. The molecule has 3 aromatic rings. The maximum Gasteiger partial charge on any atom is 0.280 e. The van der Waals surface area contributed by atoms with Gasteiger partial charge in [0.25, 0.3) is 21.8 Å². The van der Waals surface area contributed by atoms with Gasteiger partial charge in [0.2, 0.25) is 0 Å². The van der Waals surface area contributed by atoms with E-state index in [-0.39, 0.29) is 22.0 Å². The maximum absolute atomic E-state index is 12.7. The van der Waals surface area contributed by atoms with E-state index in [1.807, 2.05) is 0 Å². The fourth-order valence-electron chi connectivity index (χ4n) is 2.94. The highest BCUT2D eigenvalue weighted by atomic mass is 35.5. The summed E-state index contributed by atoms with van der Waals surface area (Å²) < 4.78 is 28.0. The molecule has 4 rings (SSSR count). The standard InChI is InChI=1S/C19H14ClN3O4S2/c1-11-9-12(20)4-6-15(11)22-29(26,27)16-7-5-13(28-16)10-23-18(24)14-3-2-8-21-17(14)19(23)25/h2-9,22H,10H2,1H3. The van der Waals surface area contributed by atoms with Crippen molar-refractivity contribution in [1.29, 1.82) is 0 Å². The fraction of sp³-hybridized carbons (Fsp3) is 0.105. The molecule has 0 aliphatic carbocycles. The summed E-state index contributed by atoms with van der Waals surface area (Å²) in [5.74, 6) is -0.927. The average molecular weight is 448 g/mol. The van der Waals surface area contributed by atoms with Crippen LogP contribution < -0.4 is 4.72 Å². The van der Waals surface area contributed by atoms with Gasteiger partial charge in [-0.25, -0.2) is 8.42 Å². The van der Waals surface area contributed by atoms with Crippen molar-refractivity contribution in [2.45, 2.75) is 17.7 Å². The largest absolute Gasteiger partial charge is 0.280 e. The monoisotopic (exact) mass is 447 g/mol. The molecule has 0 bridgehead atoms. The second-order valence-electron chi connectivity index (χ2n) is 6.38. The Hall–Kier alpha value is -2.75. The van der Waals surface area contributed by atoms with Gasteiger partial charge in [0.05, 0.1) is 17.8 Å². The Morgan fingerprint density at radius 2 is 1.93 bits per heavy atom. The van der Waals surface area contributed by atoms with Crippen LogP contribution in [-0.4, -0.2) is 30.1 Å². The van der Waals surface area contributed by atoms with Gasteiger partial charge in [-0.1, -0.05) is 11.6 Å². The number of fused-ring (bicyclic) bond motifs is 1. The molecule has 0 fully saturated rings. The van der Waals surface area contributed by atoms with Crippen LogP contribution in [0.1, 0.15) is 31.3 Å². The molecule has 1 aliphatic heterocycles. The predicted molar refractivity (Wildman–Crippen MR) is 110 cm³/mol. The third-order valence-corrected chi connectivity index (χ3v) is 7.54. The summed E-state index contributed by atoms with van der Waals surface area (Å²) in [6, 6.07) is 11.0. The van der Waals surface area contributed by atoms with E-state index in [0.29, 0.717) is 21.2 Å². The number of rotatable bonds is 5. The zero-order valence-electron chi connectivity index (χ0n) is 15.0. The van der Waals surface area contributed by atoms with E-state index in [2.05, 4.69) is 9.71 Å². The number of nitrogens with zero attached hydrogens (tertiary/aromatic N) is 2. The minimum Gasteiger partial charge on any atom is -0.279 e. The number of hydrogen-bond acceptors (Lipinski definition) is 6. The van der Waals surface area contributed by atoms with Crippen molar-refractivity contribution in [3.63, 3.8) is 0 Å². The third kappa shape index (κ3) is 3.64. The minimum absolute atomic E-state index is 0.0197. The van der Waals surface area contributed by atoms with Crippen molar-refractivity contribution in [2.24, 2.45) is 0 Å². The number of halogens is 1. The minimum atomic E-state index is -3.82. The molecule has 0 saturated heterocycles. The van der Waals surface area contributed by atoms with E-state index >= 15 is 0 Å². The van der Waals surface area contributed by atoms with Crippen LogP contribution in [0.15, 0.2) is 52.9 Å². The molecule has 1 aromatic carbocycles. The number of aromatic nitrogens is 1. The molecular weight excluding hydrogens is 434 g/mol. The zero-order valence-corrected chi connectivity index (χ0v) is 17.4. The number of amides is 2. The summed E-state index contributed by atoms with van der Waals surface area (Å²) in [5.41, 5.74) is 1.48. The van der Waals surface area contributed by atoms with Crippen molar-refractivity contribution in [1.82, 2.24) is 9.88 Å². The first-order chi connectivity index (χ1) is 13.8. The second kappa shape index (κ2) is 7.25. The van der Waals surface area contributed by atoms with E-state index in [1.165, 1.54) is 12.3 Å². The van der Waals surface area contributed by atoms with E-state index in [1.54, 1.807) is 43.3 Å². The summed E-state index contributed by atoms with van der Waals surface area (Å²) in [6.45, 7) is 1.73. The molecule has 0 radical (unpaired) electrons. The molecule has 2 amide bonds. The highest BCUT2D eigenvalue weighted by Crippen LogP contribution is 2.29. The molecule has 0 saturated carbocycles. The van der Waals surface area contributed by atoms with Gasteiger partial charge < -0.3 is 0 Å². The smallest absolute Gasteiger partial charge is 0.279 e. The van der Waals surface area contributed by atoms with Gasteiger partial charge in [-0.15, -0.1) is 11.3 Å². The summed E-state index contributed by atoms with van der Waals surface area (Å²) in [6.07, 6.45) is 1.45. The SMILES string of the molecule is Cc1cc(Cl)ccc1NS(=O)(=O)c1ccc(CN2C(=O)c3cccnc3C2=O)s1. The van der Waals surface area contributed by atoms with Gasteiger partial charge in [-0.2, -0.15) is 0 Å². The van der Waals surface area contributed by atoms with E-state index < -0.39 is 21.8 Å². The molecule has 1 aliphatic rings. The Morgan fingerprint density at radius 3 is 2.66 bits per heavy atom. The number of nitrogens with one attached hydrogen (secondary N) is 1. The number of hydrogen-bond donors (Lipinski definition) is 1. The number of sulfonamides is 1. The van der Waals surface area contributed by atoms with Crippen molar-refractivity contribution in [3.05, 3.63) is 75.4 Å². The first-order valence-electron chi connectivity index (χ1n) is 8.45. The third-order valence-electron chi connectivity index (χ3n) is 4.38. The fourth-order valence-corrected chi connectivity index (χ4v) is 5.64. The maximum atomic E-state index is 12.7. The molecule has 3 heterocycles. The van der Waals surface area contributed by atoms with Crippen molar-refractivity contribution < 1.29 is 18.0 Å². The Labute approximate surface area is 176 Å². The van der Waals surface area contributed by atoms with Crippen LogP contribution in [0.2, 0.25) is 5.02 Å². The Balaban J connectivity index is 1.54. The first-order valence-corrected chi connectivity index (χ1v) is 11.1. The summed E-state index contributed by atoms with van der Waals surface area (Å²) in [4.78, 5) is 30.5. The van der Waals surface area contributed by atoms with Crippen LogP contribution >= 0.6 is 22.9 Å². The van der Waals surface area contributed by atoms with Crippen LogP contribution in [0.3, 0.4) is 0 Å². The number of carbonyl (C=O) groups excluding carboxylic acids is 2. The molecule has 2 aromatic heterocycles. The van der Waals surface area contributed by atoms with Crippen LogP contribution in [0.25, 0.3) is 0 Å². The summed E-state index contributed by atoms with van der Waals surface area (Å²) in [5, 5.41) is 0.513. The predicted octanol–water partition coefficient (Wildman–Crippen LogP) is 3.70. The lowest BCUT2D eigenvalue weighted by Crippen LogP contribution is -2.28. The average Bonchev–Trinajstić information content (AvgIpc) is 3.25. The number of benzene rings is 1. The highest BCUT2D eigenvalue weighted by Gasteiger charge is 2.36. The summed E-state index contributed by atoms with van der Waals surface area (Å²) >= 11 is 6.90. The van der Waals surface area contributed by atoms with E-state index in [9.17, 15) is 18.0 Å². The van der Waals surface area contributed by atoms with E-state index in [4.69, 9.17) is 11.6 Å². The van der Waals surface area contributed by atoms with Crippen LogP contribution in [0.4, 0.5) is 5.69 Å². The van der Waals surface area contributed by atoms with Gasteiger partial charge in [0.1, 0.15) is 9.90 Å². The molecule has 0 atom stereocenters. The molecule has 7 nitrogen and oxygen atoms in total. The molecule has 10 heteroatoms. The van der Waals surface area contributed by atoms with Crippen molar-refractivity contribution in [2.75, 3.05) is 4.72 Å². The number of anilines is 1. The van der Waals surface area contributed by atoms with Gasteiger partial charge in [-0.3, -0.25) is 24.2 Å². The van der Waals surface area contributed by atoms with Gasteiger partial charge in [-0.05, 0) is 55.0 Å². The second-order valence-corrected chi connectivity index (χ2v) is 9.90. The lowest BCUT2D eigenvalue weighted by atomic mass is 10.2. The number of carbonyl (C=O) groups is 2. The normalized spacial score (nSPS) is 13.7. The Bertz CT molecular complexity index is 1220. The topological polar surface area (TPSA) is 96.4 Å². The lowest BCUT2D eigenvalue weighted by Gasteiger charge is -2.12. The summed E-state index contributed by atoms with van der Waals surface area (Å²) in [7, 11) is -3.82. The highest BCUT2D eigenvalue weighted by molar-refractivity contribution is 7.94. The van der Waals surface area contributed by atoms with Crippen LogP contribution in [0.5, 0.6) is 0 Å². The van der Waals surface area contributed by atoms with Crippen LogP contribution in [-0.2, 0) is 16.6 Å². The first kappa shape index (κ1) is 19.6. The molecule has 0 unspecified atom stereocenters. The van der Waals surface area contributed by atoms with Gasteiger partial charge in [0.15, 0.2) is 0 Å². The zero-order chi connectivity index (χ0) is 20.8. The molecule has 148 valence electrons.